The van der Waals surface area contributed by atoms with E-state index in [1.807, 2.05) is 12.1 Å². The molecule has 1 fully saturated rings. The van der Waals surface area contributed by atoms with Gasteiger partial charge in [0.2, 0.25) is 0 Å². The van der Waals surface area contributed by atoms with Gasteiger partial charge >= 0.3 is 0 Å². The maximum atomic E-state index is 8.86. The molecule has 0 aliphatic carbocycles. The Morgan fingerprint density at radius 1 is 1.40 bits per heavy atom. The number of anilines is 1. The quantitative estimate of drug-likeness (QED) is 0.376. The summed E-state index contributed by atoms with van der Waals surface area (Å²) < 4.78 is 0. The highest BCUT2D eigenvalue weighted by Gasteiger charge is 2.29. The lowest BCUT2D eigenvalue weighted by Gasteiger charge is -2.40. The van der Waals surface area contributed by atoms with Crippen LogP contribution in [0.25, 0.3) is 0 Å². The number of hydrogen-bond acceptors (Lipinski definition) is 4. The zero-order valence-corrected chi connectivity index (χ0v) is 12.5. The first-order valence-electron chi connectivity index (χ1n) is 7.11. The third-order valence-corrected chi connectivity index (χ3v) is 4.20. The summed E-state index contributed by atoms with van der Waals surface area (Å²) in [5.74, 6) is 0.807. The van der Waals surface area contributed by atoms with Crippen molar-refractivity contribution in [2.24, 2.45) is 22.2 Å². The SMILES string of the molecule is CC(C)(C)C1CCN(c2cccnc2/C(N)=N/O)CC1. The molecular formula is C15H24N4O. The average Bonchev–Trinajstić information content (AvgIpc) is 2.45. The van der Waals surface area contributed by atoms with Crippen LogP contribution in [0.1, 0.15) is 39.3 Å². The van der Waals surface area contributed by atoms with Gasteiger partial charge in [0.05, 0.1) is 5.69 Å². The normalized spacial score (nSPS) is 18.4. The van der Waals surface area contributed by atoms with E-state index in [9.17, 15) is 0 Å². The fourth-order valence-corrected chi connectivity index (χ4v) is 2.88. The highest BCUT2D eigenvalue weighted by molar-refractivity contribution is 6.00. The molecule has 1 saturated heterocycles. The van der Waals surface area contributed by atoms with Gasteiger partial charge in [0, 0.05) is 19.3 Å². The summed E-state index contributed by atoms with van der Waals surface area (Å²) in [5.41, 5.74) is 7.58. The van der Waals surface area contributed by atoms with Crippen molar-refractivity contribution < 1.29 is 5.21 Å². The molecule has 0 amide bonds. The molecule has 5 heteroatoms. The standard InChI is InChI=1S/C15H24N4O/c1-15(2,3)11-6-9-19(10-7-11)12-5-4-8-17-13(12)14(16)18-20/h4-5,8,11,20H,6-7,9-10H2,1-3H3,(H2,16,18). The molecule has 1 aliphatic rings. The van der Waals surface area contributed by atoms with E-state index in [0.717, 1.165) is 37.5 Å². The summed E-state index contributed by atoms with van der Waals surface area (Å²) in [4.78, 5) is 6.52. The molecule has 1 aliphatic heterocycles. The summed E-state index contributed by atoms with van der Waals surface area (Å²) in [6.07, 6.45) is 3.99. The first-order chi connectivity index (χ1) is 9.43. The Morgan fingerprint density at radius 2 is 2.05 bits per heavy atom. The first-order valence-corrected chi connectivity index (χ1v) is 7.11. The molecule has 0 aromatic carbocycles. The molecule has 0 spiro atoms. The Balaban J connectivity index is 2.15. The molecule has 3 N–H and O–H groups in total. The molecule has 0 unspecified atom stereocenters. The lowest BCUT2D eigenvalue weighted by molar-refractivity contribution is 0.199. The minimum atomic E-state index is 0.0681. The van der Waals surface area contributed by atoms with Crippen LogP contribution in [0.5, 0.6) is 0 Å². The van der Waals surface area contributed by atoms with Gasteiger partial charge in [0.25, 0.3) is 0 Å². The van der Waals surface area contributed by atoms with Gasteiger partial charge in [-0.25, -0.2) is 0 Å². The highest BCUT2D eigenvalue weighted by atomic mass is 16.4. The van der Waals surface area contributed by atoms with Gasteiger partial charge < -0.3 is 15.8 Å². The second-order valence-electron chi connectivity index (χ2n) is 6.48. The third-order valence-electron chi connectivity index (χ3n) is 4.20. The number of hydrogen-bond donors (Lipinski definition) is 2. The highest BCUT2D eigenvalue weighted by Crippen LogP contribution is 2.35. The first kappa shape index (κ1) is 14.6. The number of aromatic nitrogens is 1. The van der Waals surface area contributed by atoms with Crippen molar-refractivity contribution in [1.82, 2.24) is 4.98 Å². The van der Waals surface area contributed by atoms with E-state index in [4.69, 9.17) is 10.9 Å². The molecule has 5 nitrogen and oxygen atoms in total. The van der Waals surface area contributed by atoms with Gasteiger partial charge in [-0.05, 0) is 36.3 Å². The van der Waals surface area contributed by atoms with Gasteiger partial charge in [0.1, 0.15) is 5.69 Å². The van der Waals surface area contributed by atoms with Gasteiger partial charge in [-0.1, -0.05) is 25.9 Å². The topological polar surface area (TPSA) is 74.7 Å². The van der Waals surface area contributed by atoms with Crippen LogP contribution in [0.3, 0.4) is 0 Å². The molecule has 2 rings (SSSR count). The number of rotatable bonds is 2. The van der Waals surface area contributed by atoms with Crippen LogP contribution in [0.2, 0.25) is 0 Å². The molecule has 20 heavy (non-hydrogen) atoms. The van der Waals surface area contributed by atoms with Crippen LogP contribution in [0, 0.1) is 11.3 Å². The number of nitrogens with two attached hydrogens (primary N) is 1. The van der Waals surface area contributed by atoms with E-state index in [1.165, 1.54) is 0 Å². The number of pyridine rings is 1. The molecule has 1 aromatic rings. The van der Waals surface area contributed by atoms with E-state index in [1.54, 1.807) is 6.20 Å². The number of amidine groups is 1. The van der Waals surface area contributed by atoms with E-state index in [2.05, 4.69) is 35.8 Å². The lowest BCUT2D eigenvalue weighted by atomic mass is 9.75. The number of oxime groups is 1. The second kappa shape index (κ2) is 5.69. The maximum absolute atomic E-state index is 8.86. The zero-order chi connectivity index (χ0) is 14.8. The Hall–Kier alpha value is -1.78. The summed E-state index contributed by atoms with van der Waals surface area (Å²) >= 11 is 0. The van der Waals surface area contributed by atoms with E-state index < -0.39 is 0 Å². The fourth-order valence-electron chi connectivity index (χ4n) is 2.88. The second-order valence-corrected chi connectivity index (χ2v) is 6.48. The minimum absolute atomic E-state index is 0.0681. The fraction of sp³-hybridized carbons (Fsp3) is 0.600. The summed E-state index contributed by atoms with van der Waals surface area (Å²) in [7, 11) is 0. The van der Waals surface area contributed by atoms with Crippen molar-refractivity contribution in [3.8, 4) is 0 Å². The largest absolute Gasteiger partial charge is 0.409 e. The van der Waals surface area contributed by atoms with E-state index in [-0.39, 0.29) is 5.84 Å². The monoisotopic (exact) mass is 276 g/mol. The van der Waals surface area contributed by atoms with Crippen LogP contribution in [0.15, 0.2) is 23.5 Å². The predicted molar refractivity (Wildman–Crippen MR) is 81.1 cm³/mol. The summed E-state index contributed by atoms with van der Waals surface area (Å²) in [6.45, 7) is 8.89. The predicted octanol–water partition coefficient (Wildman–Crippen LogP) is 2.44. The van der Waals surface area contributed by atoms with Gasteiger partial charge in [-0.2, -0.15) is 0 Å². The minimum Gasteiger partial charge on any atom is -0.409 e. The lowest BCUT2D eigenvalue weighted by Crippen LogP contribution is -2.39. The Kier molecular flexibility index (Phi) is 4.16. The van der Waals surface area contributed by atoms with E-state index in [0.29, 0.717) is 11.1 Å². The van der Waals surface area contributed by atoms with Crippen molar-refractivity contribution in [1.29, 1.82) is 0 Å². The van der Waals surface area contributed by atoms with Crippen molar-refractivity contribution >= 4 is 11.5 Å². The Labute approximate surface area is 120 Å². The van der Waals surface area contributed by atoms with Crippen molar-refractivity contribution in [2.45, 2.75) is 33.6 Å². The van der Waals surface area contributed by atoms with Crippen LogP contribution in [-0.4, -0.2) is 29.1 Å². The van der Waals surface area contributed by atoms with Gasteiger partial charge in [-0.15, -0.1) is 0 Å². The van der Waals surface area contributed by atoms with Crippen molar-refractivity contribution in [3.05, 3.63) is 24.0 Å². The van der Waals surface area contributed by atoms with E-state index >= 15 is 0 Å². The molecule has 0 saturated carbocycles. The zero-order valence-electron chi connectivity index (χ0n) is 12.5. The molecule has 1 aromatic heterocycles. The van der Waals surface area contributed by atoms with Crippen molar-refractivity contribution in [2.75, 3.05) is 18.0 Å². The molecule has 0 bridgehead atoms. The van der Waals surface area contributed by atoms with Crippen molar-refractivity contribution in [3.63, 3.8) is 0 Å². The van der Waals surface area contributed by atoms with Crippen LogP contribution in [0.4, 0.5) is 5.69 Å². The number of nitrogens with zero attached hydrogens (tertiary/aromatic N) is 3. The molecule has 110 valence electrons. The number of piperidine rings is 1. The summed E-state index contributed by atoms with van der Waals surface area (Å²) in [5, 5.41) is 11.9. The molecular weight excluding hydrogens is 252 g/mol. The van der Waals surface area contributed by atoms with Crippen LogP contribution in [-0.2, 0) is 0 Å². The molecule has 2 heterocycles. The smallest absolute Gasteiger partial charge is 0.190 e. The van der Waals surface area contributed by atoms with Gasteiger partial charge in [0.15, 0.2) is 5.84 Å². The maximum Gasteiger partial charge on any atom is 0.190 e. The molecule has 0 radical (unpaired) electrons. The third kappa shape index (κ3) is 3.03. The van der Waals surface area contributed by atoms with Gasteiger partial charge in [-0.3, -0.25) is 4.98 Å². The Bertz CT molecular complexity index is 485. The molecule has 0 atom stereocenters. The van der Waals surface area contributed by atoms with Crippen LogP contribution >= 0.6 is 0 Å². The summed E-state index contributed by atoms with van der Waals surface area (Å²) in [6, 6.07) is 3.87. The van der Waals surface area contributed by atoms with Crippen LogP contribution < -0.4 is 10.6 Å². The average molecular weight is 276 g/mol. The Morgan fingerprint density at radius 3 is 2.60 bits per heavy atom.